The minimum Gasteiger partial charge on any atom is -0.379 e. The van der Waals surface area contributed by atoms with E-state index in [1.165, 1.54) is 19.3 Å². The molecular formula is C14H20N2O3. The lowest BCUT2D eigenvalue weighted by Gasteiger charge is -2.42. The molecule has 0 bridgehead atoms. The van der Waals surface area contributed by atoms with Gasteiger partial charge in [0.15, 0.2) is 0 Å². The van der Waals surface area contributed by atoms with E-state index < -0.39 is 0 Å². The Hall–Kier alpha value is -0.940. The Bertz CT molecular complexity index is 404. The smallest absolute Gasteiger partial charge is 0.231 e. The van der Waals surface area contributed by atoms with Crippen LogP contribution in [0.25, 0.3) is 0 Å². The highest BCUT2D eigenvalue weighted by Crippen LogP contribution is 2.66. The maximum absolute atomic E-state index is 12.2. The highest BCUT2D eigenvalue weighted by molar-refractivity contribution is 6.03. The molecule has 0 aromatic heterocycles. The van der Waals surface area contributed by atoms with E-state index in [1.807, 2.05) is 0 Å². The van der Waals surface area contributed by atoms with Crippen LogP contribution in [0.3, 0.4) is 0 Å². The Morgan fingerprint density at radius 2 is 1.58 bits per heavy atom. The molecule has 2 heterocycles. The Balaban J connectivity index is 1.69. The van der Waals surface area contributed by atoms with Gasteiger partial charge in [0.1, 0.15) is 5.66 Å². The van der Waals surface area contributed by atoms with Gasteiger partial charge in [-0.05, 0) is 12.8 Å². The molecule has 2 unspecified atom stereocenters. The molecule has 5 nitrogen and oxygen atoms in total. The normalized spacial score (nSPS) is 42.8. The second-order valence-corrected chi connectivity index (χ2v) is 6.15. The van der Waals surface area contributed by atoms with Gasteiger partial charge in [-0.25, -0.2) is 0 Å². The molecule has 19 heavy (non-hydrogen) atoms. The van der Waals surface area contributed by atoms with Crippen LogP contribution in [0.2, 0.25) is 0 Å². The highest BCUT2D eigenvalue weighted by Gasteiger charge is 2.74. The minimum absolute atomic E-state index is 0.0471. The van der Waals surface area contributed by atoms with Gasteiger partial charge >= 0.3 is 0 Å². The SMILES string of the molecule is O=C1CCC(=O)N1C1(N2CCOCC2)C2CCCC21. The molecule has 0 N–H and O–H groups in total. The van der Waals surface area contributed by atoms with Crippen molar-refractivity contribution >= 4 is 11.8 Å². The van der Waals surface area contributed by atoms with Gasteiger partial charge in [0, 0.05) is 37.8 Å². The van der Waals surface area contributed by atoms with Crippen LogP contribution in [-0.2, 0) is 14.3 Å². The van der Waals surface area contributed by atoms with Gasteiger partial charge in [-0.1, -0.05) is 6.42 Å². The number of carbonyl (C=O) groups is 2. The molecule has 2 aliphatic heterocycles. The lowest BCUT2D eigenvalue weighted by atomic mass is 10.1. The number of likely N-dealkylation sites (tertiary alicyclic amines) is 1. The molecule has 2 amide bonds. The van der Waals surface area contributed by atoms with Crippen LogP contribution in [0.1, 0.15) is 32.1 Å². The summed E-state index contributed by atoms with van der Waals surface area (Å²) in [6.45, 7) is 3.14. The lowest BCUT2D eigenvalue weighted by molar-refractivity contribution is -0.153. The summed E-state index contributed by atoms with van der Waals surface area (Å²) >= 11 is 0. The number of fused-ring (bicyclic) bond motifs is 1. The number of carbonyl (C=O) groups excluding carboxylic acids is 2. The zero-order chi connectivity index (χ0) is 13.0. The molecule has 2 saturated heterocycles. The fourth-order valence-electron chi connectivity index (χ4n) is 4.73. The molecule has 0 aromatic carbocycles. The maximum Gasteiger partial charge on any atom is 0.231 e. The Labute approximate surface area is 112 Å². The summed E-state index contributed by atoms with van der Waals surface area (Å²) in [4.78, 5) is 28.4. The van der Waals surface area contributed by atoms with Gasteiger partial charge in [-0.15, -0.1) is 0 Å². The van der Waals surface area contributed by atoms with Gasteiger partial charge in [0.2, 0.25) is 11.8 Å². The van der Waals surface area contributed by atoms with E-state index in [9.17, 15) is 9.59 Å². The first kappa shape index (κ1) is 11.9. The molecule has 2 atom stereocenters. The second-order valence-electron chi connectivity index (χ2n) is 6.15. The fraction of sp³-hybridized carbons (Fsp3) is 0.857. The van der Waals surface area contributed by atoms with Crippen LogP contribution in [0, 0.1) is 11.8 Å². The summed E-state index contributed by atoms with van der Waals surface area (Å²) in [5.74, 6) is 1.14. The van der Waals surface area contributed by atoms with Crippen molar-refractivity contribution in [1.29, 1.82) is 0 Å². The molecule has 0 radical (unpaired) electrons. The molecule has 104 valence electrons. The van der Waals surface area contributed by atoms with E-state index in [1.54, 1.807) is 4.90 Å². The van der Waals surface area contributed by atoms with Gasteiger partial charge in [0.05, 0.1) is 13.2 Å². The van der Waals surface area contributed by atoms with Crippen LogP contribution < -0.4 is 0 Å². The van der Waals surface area contributed by atoms with Gasteiger partial charge in [-0.2, -0.15) is 0 Å². The quantitative estimate of drug-likeness (QED) is 0.685. The van der Waals surface area contributed by atoms with E-state index in [-0.39, 0.29) is 17.5 Å². The molecule has 5 heteroatoms. The monoisotopic (exact) mass is 264 g/mol. The third-order valence-electron chi connectivity index (χ3n) is 5.43. The molecule has 0 spiro atoms. The van der Waals surface area contributed by atoms with E-state index in [0.29, 0.717) is 24.7 Å². The second kappa shape index (κ2) is 4.03. The van der Waals surface area contributed by atoms with Crippen molar-refractivity contribution in [2.24, 2.45) is 11.8 Å². The number of morpholine rings is 1. The molecule has 2 aliphatic carbocycles. The first-order valence-corrected chi connectivity index (χ1v) is 7.45. The standard InChI is InChI=1S/C14H20N2O3/c17-12-4-5-13(18)16(12)14(10-2-1-3-11(10)14)15-6-8-19-9-7-15/h10-11H,1-9H2. The van der Waals surface area contributed by atoms with Gasteiger partial charge < -0.3 is 4.74 Å². The maximum atomic E-state index is 12.2. The third-order valence-corrected chi connectivity index (χ3v) is 5.43. The van der Waals surface area contributed by atoms with Gasteiger partial charge in [0.25, 0.3) is 0 Å². The average Bonchev–Trinajstić information content (AvgIpc) is 2.79. The van der Waals surface area contributed by atoms with E-state index >= 15 is 0 Å². The predicted molar refractivity (Wildman–Crippen MR) is 67.0 cm³/mol. The number of rotatable bonds is 2. The van der Waals surface area contributed by atoms with Crippen molar-refractivity contribution in [3.8, 4) is 0 Å². The van der Waals surface area contributed by atoms with E-state index in [4.69, 9.17) is 4.74 Å². The van der Waals surface area contributed by atoms with Crippen molar-refractivity contribution in [3.05, 3.63) is 0 Å². The zero-order valence-electron chi connectivity index (χ0n) is 11.1. The summed E-state index contributed by atoms with van der Waals surface area (Å²) in [5.41, 5.74) is -0.257. The molecule has 0 aromatic rings. The van der Waals surface area contributed by atoms with Crippen molar-refractivity contribution in [2.75, 3.05) is 26.3 Å². The zero-order valence-corrected chi connectivity index (χ0v) is 11.1. The molecule has 2 saturated carbocycles. The summed E-state index contributed by atoms with van der Waals surface area (Å²) < 4.78 is 5.43. The van der Waals surface area contributed by atoms with Crippen LogP contribution in [0.4, 0.5) is 0 Å². The summed E-state index contributed by atoms with van der Waals surface area (Å²) in [7, 11) is 0. The largest absolute Gasteiger partial charge is 0.379 e. The first-order valence-electron chi connectivity index (χ1n) is 7.45. The number of hydrogen-bond acceptors (Lipinski definition) is 4. The predicted octanol–water partition coefficient (Wildman–Crippen LogP) is 0.594. The molecular weight excluding hydrogens is 244 g/mol. The van der Waals surface area contributed by atoms with E-state index in [2.05, 4.69) is 4.90 Å². The number of hydrogen-bond donors (Lipinski definition) is 0. The Morgan fingerprint density at radius 3 is 2.16 bits per heavy atom. The van der Waals surface area contributed by atoms with Gasteiger partial charge in [-0.3, -0.25) is 19.4 Å². The van der Waals surface area contributed by atoms with E-state index in [0.717, 1.165) is 26.3 Å². The van der Waals surface area contributed by atoms with Crippen molar-refractivity contribution in [2.45, 2.75) is 37.8 Å². The minimum atomic E-state index is -0.257. The summed E-state index contributed by atoms with van der Waals surface area (Å²) in [5, 5.41) is 0. The Morgan fingerprint density at radius 1 is 1.00 bits per heavy atom. The fourth-order valence-corrected chi connectivity index (χ4v) is 4.73. The third kappa shape index (κ3) is 1.43. The number of nitrogens with zero attached hydrogens (tertiary/aromatic N) is 2. The number of imide groups is 1. The van der Waals surface area contributed by atoms with Crippen molar-refractivity contribution in [3.63, 3.8) is 0 Å². The van der Waals surface area contributed by atoms with Crippen LogP contribution in [-0.4, -0.2) is 53.6 Å². The Kier molecular flexibility index (Phi) is 2.51. The van der Waals surface area contributed by atoms with Crippen LogP contribution in [0.5, 0.6) is 0 Å². The molecule has 4 aliphatic rings. The summed E-state index contributed by atoms with van der Waals surface area (Å²) in [6, 6.07) is 0. The summed E-state index contributed by atoms with van der Waals surface area (Å²) in [6.07, 6.45) is 4.39. The van der Waals surface area contributed by atoms with Crippen LogP contribution >= 0.6 is 0 Å². The molecule has 4 rings (SSSR count). The molecule has 4 fully saturated rings. The average molecular weight is 264 g/mol. The topological polar surface area (TPSA) is 49.9 Å². The highest BCUT2D eigenvalue weighted by atomic mass is 16.5. The van der Waals surface area contributed by atoms with Crippen molar-refractivity contribution in [1.82, 2.24) is 9.80 Å². The first-order chi connectivity index (χ1) is 9.26. The van der Waals surface area contributed by atoms with Crippen LogP contribution in [0.15, 0.2) is 0 Å². The number of amides is 2. The lowest BCUT2D eigenvalue weighted by Crippen LogP contribution is -2.59. The number of ether oxygens (including phenoxy) is 1. The van der Waals surface area contributed by atoms with Crippen molar-refractivity contribution < 1.29 is 14.3 Å².